The molecule has 0 aliphatic heterocycles. The summed E-state index contributed by atoms with van der Waals surface area (Å²) >= 11 is 0. The van der Waals surface area contributed by atoms with Crippen LogP contribution < -0.4 is 0 Å². The van der Waals surface area contributed by atoms with Crippen LogP contribution in [0.2, 0.25) is 0 Å². The van der Waals surface area contributed by atoms with Crippen molar-refractivity contribution in [3.63, 3.8) is 0 Å². The molecular formula is C71H128O20. The van der Waals surface area contributed by atoms with E-state index >= 15 is 9.59 Å². The van der Waals surface area contributed by atoms with Crippen LogP contribution in [0.1, 0.15) is 241 Å². The van der Waals surface area contributed by atoms with Gasteiger partial charge in [0.2, 0.25) is 11.5 Å². The molecule has 20 nitrogen and oxygen atoms in total. The molecule has 4 unspecified atom stereocenters. The molecule has 0 amide bonds. The predicted octanol–water partition coefficient (Wildman–Crippen LogP) is 15.2. The maximum atomic E-state index is 15.3. The fourth-order valence-corrected chi connectivity index (χ4v) is 11.6. The number of rotatable bonds is 54. The second-order valence-corrected chi connectivity index (χ2v) is 23.9. The SMILES string of the molecule is C=C(C)C(=O)OC1(OCCC)C(OCCC)=C(OCCC)C(OCCC)(C(C)(C)C2(OCCC)C(OCCC)=C(OCCC)C(OCCC)(OC(=O)C(=C)C)C(OCCC)(OCCC)C2(OCCC)OCCC)C(OCCC)(OCCC)C1(OCCC)OCCC. The van der Waals surface area contributed by atoms with E-state index in [-0.39, 0.29) is 140 Å². The summed E-state index contributed by atoms with van der Waals surface area (Å²) in [5.41, 5.74) is -7.10. The summed E-state index contributed by atoms with van der Waals surface area (Å²) in [6.07, 6.45) is 6.36. The normalized spacial score (nSPS) is 22.6. The number of carbonyl (C=O) groups is 2. The predicted molar refractivity (Wildman–Crippen MR) is 351 cm³/mol. The lowest BCUT2D eigenvalue weighted by atomic mass is 9.50. The van der Waals surface area contributed by atoms with Crippen LogP contribution in [0.4, 0.5) is 0 Å². The van der Waals surface area contributed by atoms with Crippen LogP contribution in [-0.2, 0) is 94.9 Å². The maximum absolute atomic E-state index is 15.3. The smallest absolute Gasteiger partial charge is 0.337 e. The van der Waals surface area contributed by atoms with Gasteiger partial charge >= 0.3 is 35.1 Å². The largest absolute Gasteiger partial charge is 0.491 e. The fraction of sp³-hybridized carbons (Fsp3) is 0.859. The Balaban J connectivity index is 4.72. The van der Waals surface area contributed by atoms with Gasteiger partial charge in [-0.25, -0.2) is 9.59 Å². The summed E-state index contributed by atoms with van der Waals surface area (Å²) in [5.74, 6) is -18.2. The summed E-state index contributed by atoms with van der Waals surface area (Å²) in [5, 5.41) is 0. The van der Waals surface area contributed by atoms with E-state index in [1.54, 1.807) is 13.8 Å². The van der Waals surface area contributed by atoms with Crippen LogP contribution >= 0.6 is 0 Å². The number of carbonyl (C=O) groups excluding carboxylic acids is 2. The van der Waals surface area contributed by atoms with E-state index in [4.69, 9.17) is 85.3 Å². The highest BCUT2D eigenvalue weighted by Crippen LogP contribution is 2.74. The third-order valence-electron chi connectivity index (χ3n) is 15.2. The van der Waals surface area contributed by atoms with Gasteiger partial charge in [0.05, 0.1) is 92.5 Å². The Hall–Kier alpha value is -3.38. The highest BCUT2D eigenvalue weighted by Gasteiger charge is 2.96. The summed E-state index contributed by atoms with van der Waals surface area (Å²) in [4.78, 5) is 30.6. The van der Waals surface area contributed by atoms with Gasteiger partial charge in [-0.15, -0.1) is 0 Å². The Bertz CT molecular complexity index is 2010. The zero-order valence-electron chi connectivity index (χ0n) is 60.7. The first-order chi connectivity index (χ1) is 43.7. The molecule has 0 fully saturated rings. The molecule has 0 saturated carbocycles. The lowest BCUT2D eigenvalue weighted by molar-refractivity contribution is -0.553. The molecular weight excluding hydrogens is 1170 g/mol. The van der Waals surface area contributed by atoms with Crippen LogP contribution in [0.3, 0.4) is 0 Å². The number of hydrogen-bond donors (Lipinski definition) is 0. The summed E-state index contributed by atoms with van der Waals surface area (Å²) < 4.78 is 138. The van der Waals surface area contributed by atoms with Crippen molar-refractivity contribution in [3.8, 4) is 0 Å². The van der Waals surface area contributed by atoms with Crippen molar-refractivity contribution < 1.29 is 94.9 Å². The van der Waals surface area contributed by atoms with E-state index in [1.807, 2.05) is 125 Å². The fourth-order valence-electron chi connectivity index (χ4n) is 11.6. The van der Waals surface area contributed by atoms with Crippen molar-refractivity contribution in [2.75, 3.05) is 106 Å². The van der Waals surface area contributed by atoms with Gasteiger partial charge < -0.3 is 85.3 Å². The number of ether oxygens (including phenoxy) is 18. The van der Waals surface area contributed by atoms with E-state index in [9.17, 15) is 0 Å². The monoisotopic (exact) mass is 1300 g/mol. The Kier molecular flexibility index (Phi) is 37.6. The zero-order valence-corrected chi connectivity index (χ0v) is 60.7. The maximum Gasteiger partial charge on any atom is 0.337 e. The van der Waals surface area contributed by atoms with E-state index in [0.717, 1.165) is 0 Å². The first-order valence-corrected chi connectivity index (χ1v) is 35.1. The van der Waals surface area contributed by atoms with Crippen molar-refractivity contribution in [2.24, 2.45) is 5.41 Å². The van der Waals surface area contributed by atoms with Crippen LogP contribution in [0.25, 0.3) is 0 Å². The Labute approximate surface area is 550 Å². The number of esters is 2. The van der Waals surface area contributed by atoms with Gasteiger partial charge in [-0.05, 0) is 117 Å². The van der Waals surface area contributed by atoms with Crippen LogP contribution in [0.5, 0.6) is 0 Å². The van der Waals surface area contributed by atoms with E-state index in [0.29, 0.717) is 103 Å². The van der Waals surface area contributed by atoms with Gasteiger partial charge in [-0.2, -0.15) is 0 Å². The molecule has 0 bridgehead atoms. The minimum atomic E-state index is -2.66. The molecule has 0 aromatic heterocycles. The van der Waals surface area contributed by atoms with Crippen LogP contribution in [0.15, 0.2) is 47.3 Å². The van der Waals surface area contributed by atoms with E-state index in [1.165, 1.54) is 0 Å². The highest BCUT2D eigenvalue weighted by molar-refractivity contribution is 5.88. The van der Waals surface area contributed by atoms with Crippen LogP contribution in [-0.4, -0.2) is 164 Å². The second kappa shape index (κ2) is 40.9. The highest BCUT2D eigenvalue weighted by atomic mass is 16.9. The van der Waals surface area contributed by atoms with Crippen molar-refractivity contribution >= 4 is 11.9 Å². The van der Waals surface area contributed by atoms with E-state index in [2.05, 4.69) is 13.2 Å². The first kappa shape index (κ1) is 83.7. The molecule has 0 spiro atoms. The van der Waals surface area contributed by atoms with Crippen molar-refractivity contribution in [3.05, 3.63) is 47.3 Å². The first-order valence-electron chi connectivity index (χ1n) is 35.1. The average molecular weight is 1300 g/mol. The lowest BCUT2D eigenvalue weighted by Gasteiger charge is -2.72. The minimum Gasteiger partial charge on any atom is -0.491 e. The van der Waals surface area contributed by atoms with Gasteiger partial charge in [-0.3, -0.25) is 0 Å². The molecule has 91 heavy (non-hydrogen) atoms. The molecule has 4 atom stereocenters. The van der Waals surface area contributed by atoms with Gasteiger partial charge in [-0.1, -0.05) is 138 Å². The van der Waals surface area contributed by atoms with Gasteiger partial charge in [0.15, 0.2) is 22.7 Å². The van der Waals surface area contributed by atoms with Crippen LogP contribution in [0, 0.1) is 5.41 Å². The lowest BCUT2D eigenvalue weighted by Crippen LogP contribution is -2.93. The molecule has 2 aliphatic rings. The molecule has 0 heterocycles. The Morgan fingerprint density at radius 3 is 0.681 bits per heavy atom. The average Bonchev–Trinajstić information content (AvgIpc) is 0.635. The molecule has 2 rings (SSSR count). The third-order valence-corrected chi connectivity index (χ3v) is 15.2. The van der Waals surface area contributed by atoms with Crippen molar-refractivity contribution in [1.29, 1.82) is 0 Å². The Morgan fingerprint density at radius 1 is 0.286 bits per heavy atom. The molecule has 0 aromatic rings. The van der Waals surface area contributed by atoms with Gasteiger partial charge in [0, 0.05) is 29.8 Å². The molecule has 0 radical (unpaired) electrons. The second-order valence-electron chi connectivity index (χ2n) is 23.9. The van der Waals surface area contributed by atoms with Gasteiger partial charge in [0.1, 0.15) is 0 Å². The number of hydrogen-bond acceptors (Lipinski definition) is 20. The third kappa shape index (κ3) is 16.4. The summed E-state index contributed by atoms with van der Waals surface area (Å²) in [7, 11) is 0. The minimum absolute atomic E-state index is 0.00133. The zero-order chi connectivity index (χ0) is 68.5. The molecule has 0 N–H and O–H groups in total. The van der Waals surface area contributed by atoms with Crippen molar-refractivity contribution in [1.82, 2.24) is 0 Å². The van der Waals surface area contributed by atoms with E-state index < -0.39 is 63.3 Å². The quantitative estimate of drug-likeness (QED) is 0.0316. The van der Waals surface area contributed by atoms with Crippen molar-refractivity contribution in [2.45, 2.75) is 287 Å². The Morgan fingerprint density at radius 2 is 0.473 bits per heavy atom. The molecule has 20 heteroatoms. The molecule has 0 aromatic carbocycles. The molecule has 0 saturated heterocycles. The van der Waals surface area contributed by atoms with Gasteiger partial charge in [0.25, 0.3) is 11.6 Å². The summed E-state index contributed by atoms with van der Waals surface area (Å²) in [6.45, 7) is 45.7. The standard InChI is InChI=1S/C71H128O20/c1-23-39-74-57-59(76-41-25-3)66(80-45-29-7,90-61(72)55(17)18)70(86-51-35-13,87-52-36-14)68(82-47-31-9,83-48-32-10)64(57,78-43-27-5)63(21,22)65(79-44-28-6)58(75-40-24-2)60(77-42-26-4)67(81-46-30-8,91-62(73)56(19)20)71(88-53-37-15,89-54-38-16)69(65,84-49-33-11)85-50-34-12/h17,19,23-54H2,1-16,18,20-22H3. The summed E-state index contributed by atoms with van der Waals surface area (Å²) in [6, 6.07) is 0. The molecule has 532 valence electrons. The molecule has 2 aliphatic carbocycles. The topological polar surface area (TPSA) is 200 Å².